The van der Waals surface area contributed by atoms with E-state index in [1.54, 1.807) is 11.0 Å². The van der Waals surface area contributed by atoms with Gasteiger partial charge in [0.25, 0.3) is 5.91 Å². The summed E-state index contributed by atoms with van der Waals surface area (Å²) in [7, 11) is 0. The third kappa shape index (κ3) is 8.09. The quantitative estimate of drug-likeness (QED) is 0.301. The summed E-state index contributed by atoms with van der Waals surface area (Å²) in [6.07, 6.45) is 1.17. The van der Waals surface area contributed by atoms with E-state index in [-0.39, 0.29) is 36.9 Å². The molecule has 0 aliphatic heterocycles. The maximum absolute atomic E-state index is 13.8. The van der Waals surface area contributed by atoms with Crippen LogP contribution in [0.5, 0.6) is 5.75 Å². The SMILES string of the molecule is CC[C@@H](C)NC(=O)[C@@H](Cc1ccccc1)N(Cc1ccccc1Cl)C(=O)COc1ccccc1C(C)C. The standard InChI is InChI=1S/C31H37ClN2O3/c1-5-23(4)33-31(36)28(19-24-13-7-6-8-14-24)34(20-25-15-9-11-17-27(25)32)30(35)21-37-29-18-12-10-16-26(29)22(2)3/h6-18,22-23,28H,5,19-21H2,1-4H3,(H,33,36)/t23-,28-/m1/s1. The van der Waals surface area contributed by atoms with Gasteiger partial charge in [-0.05, 0) is 48.1 Å². The highest BCUT2D eigenvalue weighted by Gasteiger charge is 2.31. The number of nitrogens with one attached hydrogen (secondary N) is 1. The summed E-state index contributed by atoms with van der Waals surface area (Å²) >= 11 is 6.48. The molecule has 0 aliphatic rings. The molecule has 2 atom stereocenters. The minimum atomic E-state index is -0.732. The highest BCUT2D eigenvalue weighted by Crippen LogP contribution is 2.26. The van der Waals surface area contributed by atoms with E-state index >= 15 is 0 Å². The van der Waals surface area contributed by atoms with E-state index in [0.29, 0.717) is 17.2 Å². The molecule has 0 radical (unpaired) electrons. The Labute approximate surface area is 225 Å². The highest BCUT2D eigenvalue weighted by atomic mass is 35.5. The second-order valence-electron chi connectivity index (χ2n) is 9.62. The Bertz CT molecular complexity index is 1170. The van der Waals surface area contributed by atoms with Gasteiger partial charge in [0, 0.05) is 24.0 Å². The number of carbonyl (C=O) groups excluding carboxylic acids is 2. The fraction of sp³-hybridized carbons (Fsp3) is 0.355. The van der Waals surface area contributed by atoms with Crippen LogP contribution in [0.15, 0.2) is 78.9 Å². The first-order chi connectivity index (χ1) is 17.8. The van der Waals surface area contributed by atoms with Crippen molar-refractivity contribution in [2.24, 2.45) is 0 Å². The molecule has 6 heteroatoms. The topological polar surface area (TPSA) is 58.6 Å². The van der Waals surface area contributed by atoms with Crippen LogP contribution in [0.3, 0.4) is 0 Å². The first-order valence-electron chi connectivity index (χ1n) is 12.9. The van der Waals surface area contributed by atoms with E-state index < -0.39 is 6.04 Å². The summed E-state index contributed by atoms with van der Waals surface area (Å²) in [6.45, 7) is 8.16. The van der Waals surface area contributed by atoms with Gasteiger partial charge in [0.05, 0.1) is 0 Å². The van der Waals surface area contributed by atoms with Gasteiger partial charge in [-0.3, -0.25) is 9.59 Å². The fourth-order valence-electron chi connectivity index (χ4n) is 4.12. The van der Waals surface area contributed by atoms with Gasteiger partial charge in [-0.15, -0.1) is 0 Å². The molecule has 37 heavy (non-hydrogen) atoms. The lowest BCUT2D eigenvalue weighted by molar-refractivity contribution is -0.143. The lowest BCUT2D eigenvalue weighted by atomic mass is 10.0. The Kier molecular flexibility index (Phi) is 10.6. The van der Waals surface area contributed by atoms with Crippen molar-refractivity contribution in [1.29, 1.82) is 0 Å². The molecule has 0 saturated heterocycles. The fourth-order valence-corrected chi connectivity index (χ4v) is 4.31. The highest BCUT2D eigenvalue weighted by molar-refractivity contribution is 6.31. The second-order valence-corrected chi connectivity index (χ2v) is 10.0. The van der Waals surface area contributed by atoms with Crippen molar-refractivity contribution in [2.75, 3.05) is 6.61 Å². The number of para-hydroxylation sites is 1. The summed E-state index contributed by atoms with van der Waals surface area (Å²) in [4.78, 5) is 29.0. The normalized spacial score (nSPS) is 12.6. The van der Waals surface area contributed by atoms with Crippen LogP contribution in [0.2, 0.25) is 5.02 Å². The number of benzene rings is 3. The molecule has 3 rings (SSSR count). The van der Waals surface area contributed by atoms with Crippen LogP contribution < -0.4 is 10.1 Å². The molecular formula is C31H37ClN2O3. The number of carbonyl (C=O) groups is 2. The van der Waals surface area contributed by atoms with Crippen molar-refractivity contribution in [2.45, 2.75) is 65.1 Å². The second kappa shape index (κ2) is 13.8. The number of amides is 2. The van der Waals surface area contributed by atoms with Crippen molar-refractivity contribution >= 4 is 23.4 Å². The van der Waals surface area contributed by atoms with Crippen LogP contribution in [-0.2, 0) is 22.6 Å². The summed E-state index contributed by atoms with van der Waals surface area (Å²) in [5, 5.41) is 3.63. The van der Waals surface area contributed by atoms with Gasteiger partial charge in [-0.1, -0.05) is 99.1 Å². The molecule has 0 fully saturated rings. The molecule has 3 aromatic rings. The van der Waals surface area contributed by atoms with Gasteiger partial charge in [0.2, 0.25) is 5.91 Å². The summed E-state index contributed by atoms with van der Waals surface area (Å²) in [6, 6.07) is 24.1. The summed E-state index contributed by atoms with van der Waals surface area (Å²) in [5.41, 5.74) is 2.77. The maximum Gasteiger partial charge on any atom is 0.261 e. The number of nitrogens with zero attached hydrogens (tertiary/aromatic N) is 1. The minimum Gasteiger partial charge on any atom is -0.483 e. The lowest BCUT2D eigenvalue weighted by Gasteiger charge is -2.32. The van der Waals surface area contributed by atoms with Gasteiger partial charge in [-0.25, -0.2) is 0 Å². The van der Waals surface area contributed by atoms with Gasteiger partial charge in [-0.2, -0.15) is 0 Å². The number of ether oxygens (including phenoxy) is 1. The van der Waals surface area contributed by atoms with E-state index in [2.05, 4.69) is 19.2 Å². The number of hydrogen-bond acceptors (Lipinski definition) is 3. The molecule has 196 valence electrons. The van der Waals surface area contributed by atoms with Crippen molar-refractivity contribution < 1.29 is 14.3 Å². The molecule has 0 spiro atoms. The third-order valence-corrected chi connectivity index (χ3v) is 6.83. The first-order valence-corrected chi connectivity index (χ1v) is 13.3. The minimum absolute atomic E-state index is 0.0165. The average Bonchev–Trinajstić information content (AvgIpc) is 2.90. The smallest absolute Gasteiger partial charge is 0.261 e. The average molecular weight is 521 g/mol. The molecule has 0 saturated carbocycles. The zero-order chi connectivity index (χ0) is 26.8. The lowest BCUT2D eigenvalue weighted by Crippen LogP contribution is -2.53. The van der Waals surface area contributed by atoms with Crippen LogP contribution in [0, 0.1) is 0 Å². The molecule has 2 amide bonds. The summed E-state index contributed by atoms with van der Waals surface area (Å²) < 4.78 is 6.04. The van der Waals surface area contributed by atoms with Crippen LogP contribution in [0.1, 0.15) is 56.7 Å². The number of hydrogen-bond donors (Lipinski definition) is 1. The number of rotatable bonds is 12. The Morgan fingerprint density at radius 2 is 1.57 bits per heavy atom. The predicted octanol–water partition coefficient (Wildman–Crippen LogP) is 6.40. The largest absolute Gasteiger partial charge is 0.483 e. The van der Waals surface area contributed by atoms with E-state index in [4.69, 9.17) is 16.3 Å². The van der Waals surface area contributed by atoms with Crippen molar-refractivity contribution in [3.8, 4) is 5.75 Å². The molecule has 1 N–H and O–H groups in total. The molecule has 0 bridgehead atoms. The van der Waals surface area contributed by atoms with Gasteiger partial charge >= 0.3 is 0 Å². The van der Waals surface area contributed by atoms with Crippen molar-refractivity contribution in [3.63, 3.8) is 0 Å². The van der Waals surface area contributed by atoms with Crippen molar-refractivity contribution in [1.82, 2.24) is 10.2 Å². The monoisotopic (exact) mass is 520 g/mol. The predicted molar refractivity (Wildman–Crippen MR) is 150 cm³/mol. The third-order valence-electron chi connectivity index (χ3n) is 6.46. The zero-order valence-electron chi connectivity index (χ0n) is 22.1. The molecule has 0 aliphatic carbocycles. The van der Waals surface area contributed by atoms with Crippen LogP contribution in [0.25, 0.3) is 0 Å². The van der Waals surface area contributed by atoms with Crippen LogP contribution >= 0.6 is 11.6 Å². The van der Waals surface area contributed by atoms with Crippen molar-refractivity contribution in [3.05, 3.63) is 101 Å². The Hall–Kier alpha value is -3.31. The van der Waals surface area contributed by atoms with Gasteiger partial charge < -0.3 is 15.0 Å². The van der Waals surface area contributed by atoms with E-state index in [1.165, 1.54) is 0 Å². The van der Waals surface area contributed by atoms with E-state index in [9.17, 15) is 9.59 Å². The summed E-state index contributed by atoms with van der Waals surface area (Å²) in [5.74, 6) is 0.449. The maximum atomic E-state index is 13.8. The van der Waals surface area contributed by atoms with E-state index in [0.717, 1.165) is 23.1 Å². The van der Waals surface area contributed by atoms with Gasteiger partial charge in [0.15, 0.2) is 6.61 Å². The van der Waals surface area contributed by atoms with Crippen LogP contribution in [-0.4, -0.2) is 35.4 Å². The molecule has 3 aromatic carbocycles. The Morgan fingerprint density at radius 3 is 2.24 bits per heavy atom. The van der Waals surface area contributed by atoms with Gasteiger partial charge in [0.1, 0.15) is 11.8 Å². The Morgan fingerprint density at radius 1 is 0.919 bits per heavy atom. The molecular weight excluding hydrogens is 484 g/mol. The molecule has 0 heterocycles. The molecule has 0 aromatic heterocycles. The molecule has 0 unspecified atom stereocenters. The molecule has 5 nitrogen and oxygen atoms in total. The zero-order valence-corrected chi connectivity index (χ0v) is 22.9. The van der Waals surface area contributed by atoms with E-state index in [1.807, 2.05) is 86.6 Å². The Balaban J connectivity index is 1.95. The number of halogens is 1. The van der Waals surface area contributed by atoms with Crippen LogP contribution in [0.4, 0.5) is 0 Å². The first kappa shape index (κ1) is 28.3.